The van der Waals surface area contributed by atoms with Crippen molar-refractivity contribution in [2.24, 2.45) is 0 Å². The monoisotopic (exact) mass is 404 g/mol. The van der Waals surface area contributed by atoms with Crippen LogP contribution >= 0.6 is 11.6 Å². The Morgan fingerprint density at radius 3 is 2.55 bits per heavy atom. The maximum absolute atomic E-state index is 13.1. The van der Waals surface area contributed by atoms with Gasteiger partial charge in [0.05, 0.1) is 22.3 Å². The smallest absolute Gasteiger partial charge is 0.256 e. The zero-order valence-electron chi connectivity index (χ0n) is 16.5. The number of benzene rings is 2. The van der Waals surface area contributed by atoms with Crippen molar-refractivity contribution in [2.45, 2.75) is 27.2 Å². The lowest BCUT2D eigenvalue weighted by Crippen LogP contribution is -2.13. The first-order chi connectivity index (χ1) is 14.0. The Morgan fingerprint density at radius 2 is 1.86 bits per heavy atom. The van der Waals surface area contributed by atoms with Gasteiger partial charge >= 0.3 is 0 Å². The first kappa shape index (κ1) is 19.2. The Bertz CT molecular complexity index is 1210. The van der Waals surface area contributed by atoms with Gasteiger partial charge in [0.15, 0.2) is 5.65 Å². The topological polar surface area (TPSA) is 59.8 Å². The minimum absolute atomic E-state index is 0.216. The lowest BCUT2D eigenvalue weighted by Gasteiger charge is -2.09. The molecule has 1 N–H and O–H groups in total. The van der Waals surface area contributed by atoms with Crippen molar-refractivity contribution < 1.29 is 4.79 Å². The molecule has 0 spiro atoms. The third kappa shape index (κ3) is 3.74. The fourth-order valence-corrected chi connectivity index (χ4v) is 3.60. The van der Waals surface area contributed by atoms with Crippen LogP contribution in [-0.4, -0.2) is 20.7 Å². The molecule has 0 aliphatic heterocycles. The number of anilines is 1. The highest BCUT2D eigenvalue weighted by molar-refractivity contribution is 6.31. The SMILES string of the molecule is CCc1ccc(-n2nc(C)c3c(C(=O)Nc4cccc(Cl)c4)cc(C)nc32)cc1. The van der Waals surface area contributed by atoms with Crippen molar-refractivity contribution in [3.8, 4) is 5.69 Å². The predicted octanol–water partition coefficient (Wildman–Crippen LogP) is 5.51. The average Bonchev–Trinajstić information content (AvgIpc) is 3.03. The van der Waals surface area contributed by atoms with Crippen molar-refractivity contribution >= 4 is 34.2 Å². The third-order valence-electron chi connectivity index (χ3n) is 4.86. The summed E-state index contributed by atoms with van der Waals surface area (Å²) in [6, 6.07) is 17.1. The maximum Gasteiger partial charge on any atom is 0.256 e. The summed E-state index contributed by atoms with van der Waals surface area (Å²) in [4.78, 5) is 17.7. The molecule has 6 heteroatoms. The molecule has 0 radical (unpaired) electrons. The minimum Gasteiger partial charge on any atom is -0.322 e. The van der Waals surface area contributed by atoms with Gasteiger partial charge in [-0.15, -0.1) is 0 Å². The van der Waals surface area contributed by atoms with Crippen LogP contribution in [0.2, 0.25) is 5.02 Å². The number of carbonyl (C=O) groups is 1. The second kappa shape index (κ2) is 7.68. The van der Waals surface area contributed by atoms with E-state index in [2.05, 4.69) is 34.5 Å². The van der Waals surface area contributed by atoms with Gasteiger partial charge in [-0.1, -0.05) is 36.7 Å². The van der Waals surface area contributed by atoms with Crippen LogP contribution in [0, 0.1) is 13.8 Å². The number of halogens is 1. The number of rotatable bonds is 4. The molecule has 0 aliphatic rings. The molecule has 0 atom stereocenters. The highest BCUT2D eigenvalue weighted by Gasteiger charge is 2.19. The first-order valence-electron chi connectivity index (χ1n) is 9.49. The van der Waals surface area contributed by atoms with Crippen LogP contribution in [0.1, 0.15) is 34.2 Å². The molecule has 2 aromatic heterocycles. The molecule has 4 rings (SSSR count). The third-order valence-corrected chi connectivity index (χ3v) is 5.09. The van der Waals surface area contributed by atoms with E-state index in [-0.39, 0.29) is 5.91 Å². The standard InChI is InChI=1S/C23H21ClN4O/c1-4-16-8-10-19(11-9-16)28-22-21(15(3)27-28)20(12-14(2)25-22)23(29)26-18-7-5-6-17(24)13-18/h5-13H,4H2,1-3H3,(H,26,29). The van der Waals surface area contributed by atoms with E-state index in [9.17, 15) is 4.79 Å². The van der Waals surface area contributed by atoms with Crippen LogP contribution in [0.4, 0.5) is 5.69 Å². The number of carbonyl (C=O) groups excluding carboxylic acids is 1. The van der Waals surface area contributed by atoms with Gasteiger partial charge in [-0.3, -0.25) is 4.79 Å². The second-order valence-corrected chi connectivity index (χ2v) is 7.43. The van der Waals surface area contributed by atoms with Gasteiger partial charge < -0.3 is 5.32 Å². The normalized spacial score (nSPS) is 11.0. The Hall–Kier alpha value is -3.18. The minimum atomic E-state index is -0.216. The van der Waals surface area contributed by atoms with Gasteiger partial charge in [0.25, 0.3) is 5.91 Å². The number of nitrogens with zero attached hydrogens (tertiary/aromatic N) is 3. The molecule has 2 aromatic carbocycles. The highest BCUT2D eigenvalue weighted by atomic mass is 35.5. The van der Waals surface area contributed by atoms with E-state index >= 15 is 0 Å². The van der Waals surface area contributed by atoms with E-state index in [4.69, 9.17) is 11.6 Å². The molecular weight excluding hydrogens is 384 g/mol. The quantitative estimate of drug-likeness (QED) is 0.488. The zero-order chi connectivity index (χ0) is 20.5. The second-order valence-electron chi connectivity index (χ2n) is 6.99. The number of pyridine rings is 1. The van der Waals surface area contributed by atoms with Crippen molar-refractivity contribution in [2.75, 3.05) is 5.32 Å². The number of fused-ring (bicyclic) bond motifs is 1. The fourth-order valence-electron chi connectivity index (χ4n) is 3.41. The van der Waals surface area contributed by atoms with Crippen LogP contribution in [0.5, 0.6) is 0 Å². The molecule has 29 heavy (non-hydrogen) atoms. The molecule has 0 saturated heterocycles. The first-order valence-corrected chi connectivity index (χ1v) is 9.87. The summed E-state index contributed by atoms with van der Waals surface area (Å²) in [5, 5.41) is 8.91. The number of hydrogen-bond donors (Lipinski definition) is 1. The van der Waals surface area contributed by atoms with Gasteiger partial charge in [0.2, 0.25) is 0 Å². The molecule has 0 fully saturated rings. The highest BCUT2D eigenvalue weighted by Crippen LogP contribution is 2.26. The Kier molecular flexibility index (Phi) is 5.07. The van der Waals surface area contributed by atoms with E-state index in [1.165, 1.54) is 5.56 Å². The number of amides is 1. The number of nitrogens with one attached hydrogen (secondary N) is 1. The van der Waals surface area contributed by atoms with E-state index in [1.807, 2.05) is 26.0 Å². The van der Waals surface area contributed by atoms with Crippen LogP contribution in [0.3, 0.4) is 0 Å². The van der Waals surface area contributed by atoms with Crippen LogP contribution < -0.4 is 5.32 Å². The molecule has 1 amide bonds. The molecule has 0 aliphatic carbocycles. The summed E-state index contributed by atoms with van der Waals surface area (Å²) < 4.78 is 1.80. The van der Waals surface area contributed by atoms with Gasteiger partial charge in [-0.2, -0.15) is 5.10 Å². The summed E-state index contributed by atoms with van der Waals surface area (Å²) in [5.41, 5.74) is 5.53. The summed E-state index contributed by atoms with van der Waals surface area (Å²) >= 11 is 6.04. The predicted molar refractivity (Wildman–Crippen MR) is 117 cm³/mol. The zero-order valence-corrected chi connectivity index (χ0v) is 17.3. The lowest BCUT2D eigenvalue weighted by molar-refractivity contribution is 0.102. The van der Waals surface area contributed by atoms with Crippen molar-refractivity contribution in [3.05, 3.63) is 82.1 Å². The van der Waals surface area contributed by atoms with E-state index in [0.29, 0.717) is 21.9 Å². The summed E-state index contributed by atoms with van der Waals surface area (Å²) in [7, 11) is 0. The van der Waals surface area contributed by atoms with Crippen molar-refractivity contribution in [1.29, 1.82) is 0 Å². The van der Waals surface area contributed by atoms with Crippen LogP contribution in [0.25, 0.3) is 16.7 Å². The lowest BCUT2D eigenvalue weighted by atomic mass is 10.1. The van der Waals surface area contributed by atoms with Crippen molar-refractivity contribution in [1.82, 2.24) is 14.8 Å². The Morgan fingerprint density at radius 1 is 1.10 bits per heavy atom. The molecule has 146 valence electrons. The molecule has 0 saturated carbocycles. The Balaban J connectivity index is 1.81. The summed E-state index contributed by atoms with van der Waals surface area (Å²) in [5.74, 6) is -0.216. The number of aryl methyl sites for hydroxylation is 3. The molecule has 5 nitrogen and oxygen atoms in total. The van der Waals surface area contributed by atoms with Gasteiger partial charge in [0, 0.05) is 16.4 Å². The fraction of sp³-hybridized carbons (Fsp3) is 0.174. The molecule has 0 bridgehead atoms. The largest absolute Gasteiger partial charge is 0.322 e. The van der Waals surface area contributed by atoms with Gasteiger partial charge in [0.1, 0.15) is 0 Å². The van der Waals surface area contributed by atoms with Gasteiger partial charge in [-0.25, -0.2) is 9.67 Å². The summed E-state index contributed by atoms with van der Waals surface area (Å²) in [6.45, 7) is 5.90. The molecular formula is C23H21ClN4O. The average molecular weight is 405 g/mol. The van der Waals surface area contributed by atoms with Gasteiger partial charge in [-0.05, 0) is 62.2 Å². The molecule has 0 unspecified atom stereocenters. The number of hydrogen-bond acceptors (Lipinski definition) is 3. The van der Waals surface area contributed by atoms with Crippen molar-refractivity contribution in [3.63, 3.8) is 0 Å². The van der Waals surface area contributed by atoms with E-state index < -0.39 is 0 Å². The van der Waals surface area contributed by atoms with Crippen LogP contribution in [0.15, 0.2) is 54.6 Å². The molecule has 4 aromatic rings. The summed E-state index contributed by atoms with van der Waals surface area (Å²) in [6.07, 6.45) is 0.977. The Labute approximate surface area is 174 Å². The van der Waals surface area contributed by atoms with Crippen LogP contribution in [-0.2, 0) is 6.42 Å². The molecule has 2 heterocycles. The number of aromatic nitrogens is 3. The maximum atomic E-state index is 13.1. The van der Waals surface area contributed by atoms with E-state index in [1.54, 1.807) is 35.0 Å². The van der Waals surface area contributed by atoms with E-state index in [0.717, 1.165) is 28.9 Å².